The number of halogens is 1. The van der Waals surface area contributed by atoms with Crippen LogP contribution >= 0.6 is 22.9 Å². The maximum absolute atomic E-state index is 11.2. The number of hydrazine groups is 1. The highest BCUT2D eigenvalue weighted by Crippen LogP contribution is 2.32. The van der Waals surface area contributed by atoms with Crippen molar-refractivity contribution in [2.75, 3.05) is 0 Å². The number of carbonyl (C=O) groups is 1. The summed E-state index contributed by atoms with van der Waals surface area (Å²) < 4.78 is 1.14. The molecular formula is C11H11ClN2OS. The lowest BCUT2D eigenvalue weighted by Crippen LogP contribution is -2.31. The summed E-state index contributed by atoms with van der Waals surface area (Å²) in [6.07, 6.45) is 0.319. The van der Waals surface area contributed by atoms with E-state index in [1.807, 2.05) is 25.1 Å². The first kappa shape index (κ1) is 11.4. The Kier molecular flexibility index (Phi) is 3.14. The predicted molar refractivity (Wildman–Crippen MR) is 67.6 cm³/mol. The Morgan fingerprint density at radius 1 is 1.56 bits per heavy atom. The van der Waals surface area contributed by atoms with Crippen molar-refractivity contribution in [3.63, 3.8) is 0 Å². The molecule has 5 heteroatoms. The second-order valence-corrected chi connectivity index (χ2v) is 5.11. The van der Waals surface area contributed by atoms with E-state index < -0.39 is 0 Å². The number of benzene rings is 1. The van der Waals surface area contributed by atoms with E-state index in [4.69, 9.17) is 17.4 Å². The number of rotatable bonds is 2. The highest BCUT2D eigenvalue weighted by atomic mass is 35.5. The fourth-order valence-electron chi connectivity index (χ4n) is 1.61. The van der Waals surface area contributed by atoms with E-state index in [0.29, 0.717) is 11.4 Å². The molecular weight excluding hydrogens is 244 g/mol. The summed E-state index contributed by atoms with van der Waals surface area (Å²) in [5.74, 6) is 4.89. The summed E-state index contributed by atoms with van der Waals surface area (Å²) in [6, 6.07) is 5.75. The standard InChI is InChI=1S/C11H11ClN2OS/c1-6-8-4-7(12)2-3-9(8)16-10(6)5-11(15)14-13/h2-4H,5,13H2,1H3,(H,14,15). The first-order chi connectivity index (χ1) is 7.61. The topological polar surface area (TPSA) is 55.1 Å². The van der Waals surface area contributed by atoms with Crippen LogP contribution in [-0.4, -0.2) is 5.91 Å². The summed E-state index contributed by atoms with van der Waals surface area (Å²) in [6.45, 7) is 1.99. The zero-order valence-corrected chi connectivity index (χ0v) is 10.3. The Morgan fingerprint density at radius 3 is 3.00 bits per heavy atom. The quantitative estimate of drug-likeness (QED) is 0.491. The number of nitrogens with one attached hydrogen (secondary N) is 1. The van der Waals surface area contributed by atoms with Crippen molar-refractivity contribution in [1.82, 2.24) is 5.43 Å². The van der Waals surface area contributed by atoms with Crippen molar-refractivity contribution in [3.05, 3.63) is 33.7 Å². The maximum atomic E-state index is 11.2. The average Bonchev–Trinajstić information content (AvgIpc) is 2.56. The minimum absolute atomic E-state index is 0.180. The number of hydrogen-bond donors (Lipinski definition) is 2. The van der Waals surface area contributed by atoms with Crippen LogP contribution in [0.5, 0.6) is 0 Å². The van der Waals surface area contributed by atoms with Gasteiger partial charge in [-0.25, -0.2) is 5.84 Å². The number of thiophene rings is 1. The van der Waals surface area contributed by atoms with Crippen molar-refractivity contribution >= 4 is 38.9 Å². The lowest BCUT2D eigenvalue weighted by Gasteiger charge is -1.98. The van der Waals surface area contributed by atoms with Crippen LogP contribution < -0.4 is 11.3 Å². The number of fused-ring (bicyclic) bond motifs is 1. The minimum atomic E-state index is -0.180. The average molecular weight is 255 g/mol. The molecule has 0 saturated carbocycles. The first-order valence-electron chi connectivity index (χ1n) is 4.79. The Morgan fingerprint density at radius 2 is 2.31 bits per heavy atom. The van der Waals surface area contributed by atoms with Crippen LogP contribution in [0.25, 0.3) is 10.1 Å². The number of hydrogen-bond acceptors (Lipinski definition) is 3. The van der Waals surface area contributed by atoms with Crippen LogP contribution in [0.2, 0.25) is 5.02 Å². The molecule has 3 N–H and O–H groups in total. The van der Waals surface area contributed by atoms with Crippen molar-refractivity contribution in [2.24, 2.45) is 5.84 Å². The fraction of sp³-hybridized carbons (Fsp3) is 0.182. The zero-order valence-electron chi connectivity index (χ0n) is 8.71. The Bertz CT molecular complexity index is 550. The third-order valence-electron chi connectivity index (χ3n) is 2.48. The van der Waals surface area contributed by atoms with E-state index in [0.717, 1.165) is 20.5 Å². The lowest BCUT2D eigenvalue weighted by molar-refractivity contribution is -0.120. The van der Waals surface area contributed by atoms with Gasteiger partial charge in [-0.15, -0.1) is 11.3 Å². The molecule has 1 aromatic heterocycles. The molecule has 3 nitrogen and oxygen atoms in total. The van der Waals surface area contributed by atoms with E-state index in [2.05, 4.69) is 5.43 Å². The van der Waals surface area contributed by atoms with Crippen LogP contribution in [0, 0.1) is 6.92 Å². The molecule has 84 valence electrons. The normalized spacial score (nSPS) is 10.7. The van der Waals surface area contributed by atoms with Gasteiger partial charge in [0.2, 0.25) is 5.91 Å². The van der Waals surface area contributed by atoms with Gasteiger partial charge in [0.05, 0.1) is 6.42 Å². The predicted octanol–water partition coefficient (Wildman–Crippen LogP) is 2.40. The van der Waals surface area contributed by atoms with Gasteiger partial charge < -0.3 is 0 Å². The fourth-order valence-corrected chi connectivity index (χ4v) is 2.97. The molecule has 1 amide bonds. The van der Waals surface area contributed by atoms with Crippen LogP contribution in [0.4, 0.5) is 0 Å². The van der Waals surface area contributed by atoms with Crippen molar-refractivity contribution in [1.29, 1.82) is 0 Å². The van der Waals surface area contributed by atoms with Crippen LogP contribution in [0.1, 0.15) is 10.4 Å². The SMILES string of the molecule is Cc1c(CC(=O)NN)sc2ccc(Cl)cc12. The molecule has 0 unspecified atom stereocenters. The molecule has 0 fully saturated rings. The molecule has 0 spiro atoms. The highest BCUT2D eigenvalue weighted by Gasteiger charge is 2.11. The molecule has 1 aromatic carbocycles. The molecule has 0 atom stereocenters. The van der Waals surface area contributed by atoms with Gasteiger partial charge in [-0.1, -0.05) is 11.6 Å². The molecule has 0 radical (unpaired) electrons. The maximum Gasteiger partial charge on any atom is 0.239 e. The van der Waals surface area contributed by atoms with Gasteiger partial charge in [0.1, 0.15) is 0 Å². The highest BCUT2D eigenvalue weighted by molar-refractivity contribution is 7.19. The number of nitrogens with two attached hydrogens (primary N) is 1. The minimum Gasteiger partial charge on any atom is -0.294 e. The van der Waals surface area contributed by atoms with Gasteiger partial charge >= 0.3 is 0 Å². The molecule has 0 saturated heterocycles. The van der Waals surface area contributed by atoms with E-state index in [-0.39, 0.29) is 5.91 Å². The van der Waals surface area contributed by atoms with Crippen molar-refractivity contribution < 1.29 is 4.79 Å². The molecule has 2 rings (SSSR count). The number of carbonyl (C=O) groups excluding carboxylic acids is 1. The van der Waals surface area contributed by atoms with E-state index in [1.54, 1.807) is 11.3 Å². The Hall–Kier alpha value is -1.10. The van der Waals surface area contributed by atoms with Crippen molar-refractivity contribution in [3.8, 4) is 0 Å². The molecule has 0 bridgehead atoms. The number of aryl methyl sites for hydroxylation is 1. The summed E-state index contributed by atoms with van der Waals surface area (Å²) >= 11 is 7.54. The van der Waals surface area contributed by atoms with Gasteiger partial charge in [-0.05, 0) is 36.1 Å². The Balaban J connectivity index is 2.48. The zero-order chi connectivity index (χ0) is 11.7. The lowest BCUT2D eigenvalue weighted by atomic mass is 10.1. The molecule has 1 heterocycles. The van der Waals surface area contributed by atoms with Gasteiger partial charge in [0.25, 0.3) is 0 Å². The molecule has 2 aromatic rings. The van der Waals surface area contributed by atoms with E-state index >= 15 is 0 Å². The van der Waals surface area contributed by atoms with Gasteiger partial charge in [0, 0.05) is 14.6 Å². The molecule has 0 aliphatic carbocycles. The summed E-state index contributed by atoms with van der Waals surface area (Å²) in [4.78, 5) is 12.2. The third kappa shape index (κ3) is 2.04. The van der Waals surface area contributed by atoms with Crippen LogP contribution in [0.3, 0.4) is 0 Å². The molecule has 0 aliphatic heterocycles. The largest absolute Gasteiger partial charge is 0.294 e. The Labute approximate surface area is 102 Å². The molecule has 0 aliphatic rings. The monoisotopic (exact) mass is 254 g/mol. The van der Waals surface area contributed by atoms with E-state index in [1.165, 1.54) is 0 Å². The summed E-state index contributed by atoms with van der Waals surface area (Å²) in [5.41, 5.74) is 3.24. The van der Waals surface area contributed by atoms with Crippen LogP contribution in [-0.2, 0) is 11.2 Å². The van der Waals surface area contributed by atoms with E-state index in [9.17, 15) is 4.79 Å². The van der Waals surface area contributed by atoms with Gasteiger partial charge in [-0.2, -0.15) is 0 Å². The summed E-state index contributed by atoms with van der Waals surface area (Å²) in [5, 5.41) is 1.82. The first-order valence-corrected chi connectivity index (χ1v) is 5.98. The molecule has 16 heavy (non-hydrogen) atoms. The number of amides is 1. The van der Waals surface area contributed by atoms with Crippen LogP contribution in [0.15, 0.2) is 18.2 Å². The van der Waals surface area contributed by atoms with Crippen molar-refractivity contribution in [2.45, 2.75) is 13.3 Å². The smallest absolute Gasteiger partial charge is 0.239 e. The van der Waals surface area contributed by atoms with Gasteiger partial charge in [-0.3, -0.25) is 10.2 Å². The van der Waals surface area contributed by atoms with Gasteiger partial charge in [0.15, 0.2) is 0 Å². The summed E-state index contributed by atoms with van der Waals surface area (Å²) in [7, 11) is 0. The second kappa shape index (κ2) is 4.41. The third-order valence-corrected chi connectivity index (χ3v) is 3.99. The second-order valence-electron chi connectivity index (χ2n) is 3.54.